The molecule has 0 unspecified atom stereocenters. The molecule has 1 aromatic heterocycles. The lowest BCUT2D eigenvalue weighted by Crippen LogP contribution is -2.32. The zero-order valence-electron chi connectivity index (χ0n) is 18.2. The molecule has 4 aliphatic rings. The predicted molar refractivity (Wildman–Crippen MR) is 125 cm³/mol. The number of benzene rings is 1. The first-order valence-electron chi connectivity index (χ1n) is 11.5. The number of nitriles is 1. The highest BCUT2D eigenvalue weighted by Gasteiger charge is 2.59. The molecule has 33 heavy (non-hydrogen) atoms. The third kappa shape index (κ3) is 3.01. The lowest BCUT2D eigenvalue weighted by molar-refractivity contribution is -0.123. The van der Waals surface area contributed by atoms with Gasteiger partial charge in [-0.1, -0.05) is 19.1 Å². The van der Waals surface area contributed by atoms with Gasteiger partial charge in [-0.15, -0.1) is 11.3 Å². The van der Waals surface area contributed by atoms with E-state index in [4.69, 9.17) is 0 Å². The van der Waals surface area contributed by atoms with E-state index in [9.17, 15) is 19.6 Å². The first-order chi connectivity index (χ1) is 16.0. The van der Waals surface area contributed by atoms with Crippen LogP contribution in [0, 0.1) is 40.9 Å². The summed E-state index contributed by atoms with van der Waals surface area (Å²) in [5.74, 6) is -0.129. The Hall–Kier alpha value is -3.24. The number of amides is 3. The van der Waals surface area contributed by atoms with Gasteiger partial charge in [0.2, 0.25) is 11.8 Å². The third-order valence-corrected chi connectivity index (χ3v) is 8.88. The highest BCUT2D eigenvalue weighted by atomic mass is 32.1. The van der Waals surface area contributed by atoms with Gasteiger partial charge in [-0.05, 0) is 73.3 Å². The molecule has 1 aliphatic heterocycles. The number of thiophene rings is 1. The first kappa shape index (κ1) is 20.4. The molecule has 1 saturated carbocycles. The smallest absolute Gasteiger partial charge is 0.256 e. The Labute approximate surface area is 195 Å². The molecule has 0 radical (unpaired) electrons. The Balaban J connectivity index is 1.21. The van der Waals surface area contributed by atoms with Gasteiger partial charge in [0.05, 0.1) is 23.1 Å². The summed E-state index contributed by atoms with van der Waals surface area (Å²) in [5, 5.41) is 13.2. The van der Waals surface area contributed by atoms with E-state index < -0.39 is 0 Å². The van der Waals surface area contributed by atoms with Gasteiger partial charge in [-0.2, -0.15) is 5.26 Å². The van der Waals surface area contributed by atoms with E-state index in [0.717, 1.165) is 31.2 Å². The summed E-state index contributed by atoms with van der Waals surface area (Å²) in [6.07, 6.45) is 7.92. The zero-order chi connectivity index (χ0) is 22.9. The van der Waals surface area contributed by atoms with Gasteiger partial charge >= 0.3 is 0 Å². The van der Waals surface area contributed by atoms with E-state index >= 15 is 0 Å². The molecule has 0 spiro atoms. The largest absolute Gasteiger partial charge is 0.312 e. The fourth-order valence-electron chi connectivity index (χ4n) is 6.05. The number of fused-ring (bicyclic) bond motifs is 6. The Kier molecular flexibility index (Phi) is 4.56. The number of hydrogen-bond acceptors (Lipinski definition) is 5. The number of carbonyl (C=O) groups is 3. The Morgan fingerprint density at radius 3 is 2.42 bits per heavy atom. The van der Waals surface area contributed by atoms with E-state index in [1.54, 1.807) is 24.3 Å². The van der Waals surface area contributed by atoms with Crippen molar-refractivity contribution in [2.45, 2.75) is 32.6 Å². The molecule has 5 atom stereocenters. The molecule has 7 heteroatoms. The third-order valence-electron chi connectivity index (χ3n) is 7.71. The lowest BCUT2D eigenvalue weighted by atomic mass is 9.85. The topological polar surface area (TPSA) is 90.3 Å². The Morgan fingerprint density at radius 2 is 1.79 bits per heavy atom. The van der Waals surface area contributed by atoms with Crippen LogP contribution in [-0.2, 0) is 22.4 Å². The van der Waals surface area contributed by atoms with Crippen molar-refractivity contribution in [3.63, 3.8) is 0 Å². The summed E-state index contributed by atoms with van der Waals surface area (Å²) in [5.41, 5.74) is 2.58. The van der Waals surface area contributed by atoms with E-state index in [2.05, 4.69) is 30.5 Å². The van der Waals surface area contributed by atoms with Crippen molar-refractivity contribution >= 4 is 39.7 Å². The van der Waals surface area contributed by atoms with Crippen LogP contribution in [0.25, 0.3) is 0 Å². The van der Waals surface area contributed by atoms with Gasteiger partial charge in [-0.25, -0.2) is 0 Å². The van der Waals surface area contributed by atoms with Gasteiger partial charge in [0.25, 0.3) is 5.91 Å². The van der Waals surface area contributed by atoms with Crippen molar-refractivity contribution in [3.05, 3.63) is 58.0 Å². The van der Waals surface area contributed by atoms with Crippen LogP contribution in [0.5, 0.6) is 0 Å². The average molecular weight is 458 g/mol. The number of rotatable bonds is 3. The standard InChI is InChI=1S/C26H23N3O3S/c1-13-2-9-18-19(12-27)24(33-20(18)10-13)28-23(30)14-5-7-17(8-6-14)29-25(31)21-15-3-4-16(11-15)22(21)26(29)32/h3-8,13,15-16,21-22H,2,9-11H2,1H3,(H,28,30)/t13-,15+,16+,21+,22+/m1/s1. The Morgan fingerprint density at radius 1 is 1.12 bits per heavy atom. The molecular formula is C26H23N3O3S. The molecule has 6 nitrogen and oxygen atoms in total. The van der Waals surface area contributed by atoms with Crippen LogP contribution in [-0.4, -0.2) is 17.7 Å². The van der Waals surface area contributed by atoms with Gasteiger partial charge in [-0.3, -0.25) is 19.3 Å². The van der Waals surface area contributed by atoms with Crippen LogP contribution in [0.2, 0.25) is 0 Å². The van der Waals surface area contributed by atoms with Crippen LogP contribution >= 0.6 is 11.3 Å². The van der Waals surface area contributed by atoms with Crippen LogP contribution < -0.4 is 10.2 Å². The molecular weight excluding hydrogens is 434 g/mol. The number of nitrogens with zero attached hydrogens (tertiary/aromatic N) is 2. The summed E-state index contributed by atoms with van der Waals surface area (Å²) in [6, 6.07) is 8.86. The number of nitrogens with one attached hydrogen (secondary N) is 1. The minimum absolute atomic E-state index is 0.129. The maximum Gasteiger partial charge on any atom is 0.256 e. The molecule has 166 valence electrons. The fourth-order valence-corrected chi connectivity index (χ4v) is 7.41. The van der Waals surface area contributed by atoms with E-state index in [1.165, 1.54) is 21.1 Å². The summed E-state index contributed by atoms with van der Waals surface area (Å²) in [6.45, 7) is 2.21. The summed E-state index contributed by atoms with van der Waals surface area (Å²) in [4.78, 5) is 41.4. The molecule has 1 saturated heterocycles. The maximum atomic E-state index is 13.0. The molecule has 1 aromatic carbocycles. The molecule has 2 aromatic rings. The van der Waals surface area contributed by atoms with Crippen molar-refractivity contribution in [1.29, 1.82) is 5.26 Å². The quantitative estimate of drug-likeness (QED) is 0.549. The molecule has 3 amide bonds. The average Bonchev–Trinajstić information content (AvgIpc) is 3.55. The fraction of sp³-hybridized carbons (Fsp3) is 0.385. The van der Waals surface area contributed by atoms with Crippen molar-refractivity contribution in [1.82, 2.24) is 0 Å². The minimum Gasteiger partial charge on any atom is -0.312 e. The molecule has 1 N–H and O–H groups in total. The Bertz CT molecular complexity index is 1240. The second-order valence-corrected chi connectivity index (χ2v) is 10.8. The van der Waals surface area contributed by atoms with Crippen LogP contribution in [0.15, 0.2) is 36.4 Å². The summed E-state index contributed by atoms with van der Waals surface area (Å²) >= 11 is 1.50. The number of anilines is 2. The molecule has 3 aliphatic carbocycles. The number of hydrogen-bond donors (Lipinski definition) is 1. The molecule has 6 rings (SSSR count). The van der Waals surface area contributed by atoms with Gasteiger partial charge in [0, 0.05) is 10.4 Å². The van der Waals surface area contributed by atoms with E-state index in [-0.39, 0.29) is 41.4 Å². The summed E-state index contributed by atoms with van der Waals surface area (Å²) in [7, 11) is 0. The highest BCUT2D eigenvalue weighted by molar-refractivity contribution is 7.16. The zero-order valence-corrected chi connectivity index (χ0v) is 19.0. The van der Waals surface area contributed by atoms with Gasteiger partial charge < -0.3 is 5.32 Å². The minimum atomic E-state index is -0.303. The van der Waals surface area contributed by atoms with E-state index in [0.29, 0.717) is 27.7 Å². The van der Waals surface area contributed by atoms with Crippen LogP contribution in [0.1, 0.15) is 46.1 Å². The van der Waals surface area contributed by atoms with E-state index in [1.807, 2.05) is 0 Å². The lowest BCUT2D eigenvalue weighted by Gasteiger charge is -2.17. The summed E-state index contributed by atoms with van der Waals surface area (Å²) < 4.78 is 0. The van der Waals surface area contributed by atoms with Crippen molar-refractivity contribution < 1.29 is 14.4 Å². The maximum absolute atomic E-state index is 13.0. The van der Waals surface area contributed by atoms with Gasteiger partial charge in [0.1, 0.15) is 11.1 Å². The number of carbonyl (C=O) groups excluding carboxylic acids is 3. The SMILES string of the molecule is C[C@@H]1CCc2c(sc(NC(=O)c3ccc(N4C(=O)[C@@H]5[C@@H](C4=O)[C@H]4C=C[C@H]5C4)cc3)c2C#N)C1. The van der Waals surface area contributed by atoms with Crippen molar-refractivity contribution in [2.24, 2.45) is 29.6 Å². The number of imide groups is 1. The monoisotopic (exact) mass is 457 g/mol. The molecule has 2 heterocycles. The van der Waals surface area contributed by atoms with Crippen molar-refractivity contribution in [2.75, 3.05) is 10.2 Å². The predicted octanol–water partition coefficient (Wildman–Crippen LogP) is 4.31. The van der Waals surface area contributed by atoms with Crippen LogP contribution in [0.4, 0.5) is 10.7 Å². The number of allylic oxidation sites excluding steroid dienone is 2. The van der Waals surface area contributed by atoms with Gasteiger partial charge in [0.15, 0.2) is 0 Å². The van der Waals surface area contributed by atoms with Crippen molar-refractivity contribution in [3.8, 4) is 6.07 Å². The normalized spacial score (nSPS) is 29.2. The molecule has 2 fully saturated rings. The molecule has 2 bridgehead atoms. The second kappa shape index (κ2) is 7.39. The first-order valence-corrected chi connectivity index (χ1v) is 12.3. The highest BCUT2D eigenvalue weighted by Crippen LogP contribution is 2.53. The van der Waals surface area contributed by atoms with Crippen LogP contribution in [0.3, 0.4) is 0 Å². The second-order valence-electron chi connectivity index (χ2n) is 9.68.